The SMILES string of the molecule is CCOc1ccc2c(c1)OC1(CCN(C(C)=O)CC1)CC2=O. The smallest absolute Gasteiger partial charge is 0.219 e. The molecule has 3 rings (SSSR count). The van der Waals surface area contributed by atoms with Gasteiger partial charge in [0.05, 0.1) is 18.6 Å². The summed E-state index contributed by atoms with van der Waals surface area (Å²) in [5.41, 5.74) is 0.156. The van der Waals surface area contributed by atoms with Gasteiger partial charge in [-0.15, -0.1) is 0 Å². The van der Waals surface area contributed by atoms with Crippen molar-refractivity contribution in [1.82, 2.24) is 4.90 Å². The molecule has 0 aliphatic carbocycles. The molecule has 0 radical (unpaired) electrons. The minimum absolute atomic E-state index is 0.0796. The third kappa shape index (κ3) is 2.67. The molecule has 1 saturated heterocycles. The van der Waals surface area contributed by atoms with Gasteiger partial charge in [0, 0.05) is 38.9 Å². The maximum atomic E-state index is 12.4. The van der Waals surface area contributed by atoms with E-state index in [9.17, 15) is 9.59 Å². The lowest BCUT2D eigenvalue weighted by Crippen LogP contribution is -2.51. The van der Waals surface area contributed by atoms with E-state index in [1.54, 1.807) is 25.1 Å². The first-order valence-corrected chi connectivity index (χ1v) is 7.77. The Balaban J connectivity index is 1.82. The number of ether oxygens (including phenoxy) is 2. The Hall–Kier alpha value is -2.04. The summed E-state index contributed by atoms with van der Waals surface area (Å²) in [6.07, 6.45) is 1.77. The van der Waals surface area contributed by atoms with E-state index in [1.165, 1.54) is 0 Å². The topological polar surface area (TPSA) is 55.8 Å². The quantitative estimate of drug-likeness (QED) is 0.842. The van der Waals surface area contributed by atoms with Gasteiger partial charge in [-0.3, -0.25) is 9.59 Å². The molecule has 0 saturated carbocycles. The Kier molecular flexibility index (Phi) is 3.81. The summed E-state index contributed by atoms with van der Waals surface area (Å²) in [5.74, 6) is 1.52. The van der Waals surface area contributed by atoms with E-state index in [-0.39, 0.29) is 11.7 Å². The molecule has 1 amide bonds. The molecule has 1 aromatic carbocycles. The molecule has 1 fully saturated rings. The van der Waals surface area contributed by atoms with E-state index in [2.05, 4.69) is 0 Å². The number of Topliss-reactive ketones (excluding diaryl/α,β-unsaturated/α-hetero) is 1. The molecule has 2 aliphatic heterocycles. The summed E-state index contributed by atoms with van der Waals surface area (Å²) in [5, 5.41) is 0. The molecule has 0 bridgehead atoms. The summed E-state index contributed by atoms with van der Waals surface area (Å²) in [7, 11) is 0. The highest BCUT2D eigenvalue weighted by Crippen LogP contribution is 2.40. The minimum atomic E-state index is -0.471. The first kappa shape index (κ1) is 14.9. The molecular weight excluding hydrogens is 282 g/mol. The summed E-state index contributed by atoms with van der Waals surface area (Å²) in [6, 6.07) is 5.38. The van der Waals surface area contributed by atoms with Gasteiger partial charge in [0.15, 0.2) is 5.78 Å². The monoisotopic (exact) mass is 303 g/mol. The van der Waals surface area contributed by atoms with Crippen LogP contribution in [-0.2, 0) is 4.79 Å². The average molecular weight is 303 g/mol. The third-order valence-corrected chi connectivity index (χ3v) is 4.49. The maximum absolute atomic E-state index is 12.4. The number of amides is 1. The van der Waals surface area contributed by atoms with E-state index in [0.717, 1.165) is 0 Å². The van der Waals surface area contributed by atoms with Crippen molar-refractivity contribution in [3.05, 3.63) is 23.8 Å². The molecule has 5 heteroatoms. The number of fused-ring (bicyclic) bond motifs is 1. The predicted octanol–water partition coefficient (Wildman–Crippen LogP) is 2.43. The van der Waals surface area contributed by atoms with E-state index in [4.69, 9.17) is 9.47 Å². The lowest BCUT2D eigenvalue weighted by atomic mass is 9.82. The fraction of sp³-hybridized carbons (Fsp3) is 0.529. The van der Waals surface area contributed by atoms with Crippen LogP contribution in [0.15, 0.2) is 18.2 Å². The van der Waals surface area contributed by atoms with Crippen LogP contribution in [0.1, 0.15) is 43.5 Å². The fourth-order valence-corrected chi connectivity index (χ4v) is 3.24. The highest BCUT2D eigenvalue weighted by Gasteiger charge is 2.43. The van der Waals surface area contributed by atoms with Crippen LogP contribution in [0.4, 0.5) is 0 Å². The van der Waals surface area contributed by atoms with Crippen molar-refractivity contribution in [2.75, 3.05) is 19.7 Å². The second-order valence-electron chi connectivity index (χ2n) is 5.98. The zero-order chi connectivity index (χ0) is 15.7. The third-order valence-electron chi connectivity index (χ3n) is 4.49. The van der Waals surface area contributed by atoms with Crippen LogP contribution in [-0.4, -0.2) is 41.9 Å². The molecule has 1 spiro atoms. The van der Waals surface area contributed by atoms with Gasteiger partial charge < -0.3 is 14.4 Å². The molecule has 0 unspecified atom stereocenters. The van der Waals surface area contributed by atoms with Crippen LogP contribution >= 0.6 is 0 Å². The van der Waals surface area contributed by atoms with E-state index >= 15 is 0 Å². The number of carbonyl (C=O) groups is 2. The van der Waals surface area contributed by atoms with Crippen LogP contribution in [0, 0.1) is 0 Å². The van der Waals surface area contributed by atoms with Crippen molar-refractivity contribution in [3.8, 4) is 11.5 Å². The first-order valence-electron chi connectivity index (χ1n) is 7.77. The molecule has 2 aliphatic rings. The number of hydrogen-bond acceptors (Lipinski definition) is 4. The zero-order valence-corrected chi connectivity index (χ0v) is 13.1. The van der Waals surface area contributed by atoms with Crippen LogP contribution < -0.4 is 9.47 Å². The standard InChI is InChI=1S/C17H21NO4/c1-3-21-13-4-5-14-15(20)11-17(22-16(14)10-13)6-8-18(9-7-17)12(2)19/h4-5,10H,3,6-9,11H2,1-2H3. The normalized spacial score (nSPS) is 19.5. The molecule has 2 heterocycles. The van der Waals surface area contributed by atoms with Crippen LogP contribution in [0.3, 0.4) is 0 Å². The molecule has 0 aromatic heterocycles. The van der Waals surface area contributed by atoms with Crippen molar-refractivity contribution < 1.29 is 19.1 Å². The van der Waals surface area contributed by atoms with Gasteiger partial charge in [-0.25, -0.2) is 0 Å². The highest BCUT2D eigenvalue weighted by atomic mass is 16.5. The van der Waals surface area contributed by atoms with E-state index in [1.807, 2.05) is 11.8 Å². The summed E-state index contributed by atoms with van der Waals surface area (Å²) in [4.78, 5) is 25.7. The second-order valence-corrected chi connectivity index (χ2v) is 5.98. The number of piperidine rings is 1. The lowest BCUT2D eigenvalue weighted by molar-refractivity contribution is -0.132. The number of benzene rings is 1. The van der Waals surface area contributed by atoms with Gasteiger partial charge >= 0.3 is 0 Å². The Labute approximate surface area is 130 Å². The zero-order valence-electron chi connectivity index (χ0n) is 13.1. The maximum Gasteiger partial charge on any atom is 0.219 e. The van der Waals surface area contributed by atoms with E-state index < -0.39 is 5.60 Å². The predicted molar refractivity (Wildman–Crippen MR) is 81.4 cm³/mol. The van der Waals surface area contributed by atoms with Crippen molar-refractivity contribution in [2.45, 2.75) is 38.7 Å². The van der Waals surface area contributed by atoms with Gasteiger partial charge in [0.1, 0.15) is 17.1 Å². The van der Waals surface area contributed by atoms with Crippen molar-refractivity contribution in [3.63, 3.8) is 0 Å². The number of ketones is 1. The van der Waals surface area contributed by atoms with Crippen molar-refractivity contribution in [1.29, 1.82) is 0 Å². The number of hydrogen-bond donors (Lipinski definition) is 0. The largest absolute Gasteiger partial charge is 0.494 e. The fourth-order valence-electron chi connectivity index (χ4n) is 3.24. The molecule has 118 valence electrons. The van der Waals surface area contributed by atoms with Crippen LogP contribution in [0.5, 0.6) is 11.5 Å². The number of nitrogens with zero attached hydrogens (tertiary/aromatic N) is 1. The van der Waals surface area contributed by atoms with Gasteiger partial charge in [0.2, 0.25) is 5.91 Å². The van der Waals surface area contributed by atoms with Crippen LogP contribution in [0.2, 0.25) is 0 Å². The van der Waals surface area contributed by atoms with Crippen molar-refractivity contribution in [2.24, 2.45) is 0 Å². The molecule has 0 N–H and O–H groups in total. The number of rotatable bonds is 2. The van der Waals surface area contributed by atoms with Gasteiger partial charge in [0.25, 0.3) is 0 Å². The van der Waals surface area contributed by atoms with Gasteiger partial charge in [-0.05, 0) is 19.1 Å². The van der Waals surface area contributed by atoms with Crippen molar-refractivity contribution >= 4 is 11.7 Å². The molecule has 0 atom stereocenters. The molecular formula is C17H21NO4. The molecule has 22 heavy (non-hydrogen) atoms. The average Bonchev–Trinajstić information content (AvgIpc) is 2.47. The minimum Gasteiger partial charge on any atom is -0.494 e. The molecule has 1 aromatic rings. The Morgan fingerprint density at radius 1 is 1.36 bits per heavy atom. The molecule has 5 nitrogen and oxygen atoms in total. The van der Waals surface area contributed by atoms with E-state index in [0.29, 0.717) is 56.0 Å². The second kappa shape index (κ2) is 5.63. The Morgan fingerprint density at radius 3 is 2.73 bits per heavy atom. The Bertz CT molecular complexity index is 603. The summed E-state index contributed by atoms with van der Waals surface area (Å²) >= 11 is 0. The summed E-state index contributed by atoms with van der Waals surface area (Å²) in [6.45, 7) is 5.36. The first-order chi connectivity index (χ1) is 10.5. The lowest BCUT2D eigenvalue weighted by Gasteiger charge is -2.43. The summed E-state index contributed by atoms with van der Waals surface area (Å²) < 4.78 is 11.7. The van der Waals surface area contributed by atoms with Gasteiger partial charge in [-0.1, -0.05) is 0 Å². The highest BCUT2D eigenvalue weighted by molar-refractivity contribution is 6.00. The van der Waals surface area contributed by atoms with Gasteiger partial charge in [-0.2, -0.15) is 0 Å². The number of carbonyl (C=O) groups excluding carboxylic acids is 2. The number of likely N-dealkylation sites (tertiary alicyclic amines) is 1. The Morgan fingerprint density at radius 2 is 2.09 bits per heavy atom. The van der Waals surface area contributed by atoms with Crippen LogP contribution in [0.25, 0.3) is 0 Å².